The summed E-state index contributed by atoms with van der Waals surface area (Å²) in [4.78, 5) is 85.9. The molecule has 0 radical (unpaired) electrons. The Kier molecular flexibility index (Phi) is 12.9. The average molecular weight is 764 g/mol. The number of benzene rings is 1. The Morgan fingerprint density at radius 2 is 1.58 bits per heavy atom. The molecule has 2 aromatic rings. The fourth-order valence-electron chi connectivity index (χ4n) is 7.93. The molecule has 0 unspecified atom stereocenters. The van der Waals surface area contributed by atoms with Crippen LogP contribution in [0.25, 0.3) is 5.69 Å². The number of likely N-dealkylation sites (tertiary alicyclic amines) is 1. The van der Waals surface area contributed by atoms with Crippen LogP contribution in [0.1, 0.15) is 88.0 Å². The van der Waals surface area contributed by atoms with Gasteiger partial charge in [0.15, 0.2) is 12.3 Å². The number of amides is 5. The largest absolute Gasteiger partial charge is 0.467 e. The highest BCUT2D eigenvalue weighted by Gasteiger charge is 2.51. The van der Waals surface area contributed by atoms with Gasteiger partial charge in [-0.15, -0.1) is 0 Å². The molecule has 6 rings (SSSR count). The average Bonchev–Trinajstić information content (AvgIpc) is 3.99. The van der Waals surface area contributed by atoms with Crippen LogP contribution in [0.2, 0.25) is 0 Å². The molecule has 16 heteroatoms. The first-order valence-corrected chi connectivity index (χ1v) is 19.6. The molecular formula is C39H53N7O9. The molecule has 298 valence electrons. The summed E-state index contributed by atoms with van der Waals surface area (Å²) >= 11 is 0. The fourth-order valence-corrected chi connectivity index (χ4v) is 7.93. The SMILES string of the molecule is CCOC(=O)N1CCN(C(=O)[C@](CCC2CCCC2)(NC(=O)c2cc(OCC(=O)N3CCC[C@H]3C(=O)NC3CCC3)n(-c3ccccc3)n2)C(=O)OC)CC1. The first-order chi connectivity index (χ1) is 26.6. The van der Waals surface area contributed by atoms with E-state index in [-0.39, 0.29) is 74.6 Å². The highest BCUT2D eigenvalue weighted by molar-refractivity contribution is 6.11. The summed E-state index contributed by atoms with van der Waals surface area (Å²) in [5.41, 5.74) is -1.68. The second-order valence-electron chi connectivity index (χ2n) is 14.8. The van der Waals surface area contributed by atoms with Gasteiger partial charge in [-0.2, -0.15) is 5.10 Å². The minimum atomic E-state index is -2.07. The molecule has 3 heterocycles. The highest BCUT2D eigenvalue weighted by atomic mass is 16.6. The maximum Gasteiger partial charge on any atom is 0.409 e. The van der Waals surface area contributed by atoms with Gasteiger partial charge in [0.25, 0.3) is 17.7 Å². The number of rotatable bonds is 14. The number of aromatic nitrogens is 2. The normalized spacial score (nSPS) is 20.0. The van der Waals surface area contributed by atoms with Crippen LogP contribution < -0.4 is 15.4 Å². The predicted molar refractivity (Wildman–Crippen MR) is 198 cm³/mol. The van der Waals surface area contributed by atoms with Crippen molar-refractivity contribution in [3.63, 3.8) is 0 Å². The molecule has 2 saturated heterocycles. The molecule has 0 bridgehead atoms. The lowest BCUT2D eigenvalue weighted by Gasteiger charge is -2.40. The number of nitrogens with zero attached hydrogens (tertiary/aromatic N) is 5. The number of hydrogen-bond acceptors (Lipinski definition) is 10. The number of ether oxygens (including phenoxy) is 3. The maximum atomic E-state index is 14.5. The minimum absolute atomic E-state index is 0.00951. The molecule has 2 atom stereocenters. The van der Waals surface area contributed by atoms with Crippen LogP contribution in [0.3, 0.4) is 0 Å². The monoisotopic (exact) mass is 763 g/mol. The fraction of sp³-hybridized carbons (Fsp3) is 0.615. The van der Waals surface area contributed by atoms with Crippen molar-refractivity contribution < 1.29 is 43.0 Å². The molecule has 1 aromatic heterocycles. The summed E-state index contributed by atoms with van der Waals surface area (Å²) in [7, 11) is 1.18. The second kappa shape index (κ2) is 18.0. The summed E-state index contributed by atoms with van der Waals surface area (Å²) in [6.07, 6.45) is 8.30. The zero-order chi connectivity index (χ0) is 39.0. The number of para-hydroxylation sites is 1. The van der Waals surface area contributed by atoms with E-state index >= 15 is 0 Å². The van der Waals surface area contributed by atoms with Gasteiger partial charge >= 0.3 is 12.1 Å². The van der Waals surface area contributed by atoms with Crippen LogP contribution in [0.15, 0.2) is 36.4 Å². The zero-order valence-electron chi connectivity index (χ0n) is 31.8. The molecule has 2 aliphatic heterocycles. The van der Waals surface area contributed by atoms with E-state index < -0.39 is 42.1 Å². The van der Waals surface area contributed by atoms with Gasteiger partial charge in [-0.1, -0.05) is 43.9 Å². The molecule has 16 nitrogen and oxygen atoms in total. The van der Waals surface area contributed by atoms with Gasteiger partial charge in [-0.3, -0.25) is 19.2 Å². The summed E-state index contributed by atoms with van der Waals surface area (Å²) in [5, 5.41) is 10.3. The third-order valence-corrected chi connectivity index (χ3v) is 11.3. The Balaban J connectivity index is 1.23. The molecule has 55 heavy (non-hydrogen) atoms. The number of carbonyl (C=O) groups is 6. The van der Waals surface area contributed by atoms with Crippen LogP contribution in [-0.2, 0) is 28.7 Å². The van der Waals surface area contributed by atoms with E-state index in [2.05, 4.69) is 15.7 Å². The number of nitrogens with one attached hydrogen (secondary N) is 2. The van der Waals surface area contributed by atoms with Crippen LogP contribution in [-0.4, -0.2) is 131 Å². The van der Waals surface area contributed by atoms with Crippen molar-refractivity contribution in [1.29, 1.82) is 0 Å². The van der Waals surface area contributed by atoms with Crippen molar-refractivity contribution in [3.05, 3.63) is 42.1 Å². The molecule has 2 saturated carbocycles. The molecule has 5 amide bonds. The number of hydrogen-bond donors (Lipinski definition) is 2. The van der Waals surface area contributed by atoms with Crippen LogP contribution >= 0.6 is 0 Å². The van der Waals surface area contributed by atoms with Gasteiger partial charge in [0, 0.05) is 44.8 Å². The number of methoxy groups -OCH3 is 1. The van der Waals surface area contributed by atoms with Crippen LogP contribution in [0.5, 0.6) is 5.88 Å². The second-order valence-corrected chi connectivity index (χ2v) is 14.8. The van der Waals surface area contributed by atoms with Crippen molar-refractivity contribution in [2.75, 3.05) is 53.0 Å². The van der Waals surface area contributed by atoms with Crippen LogP contribution in [0, 0.1) is 5.92 Å². The number of carbonyl (C=O) groups excluding carboxylic acids is 6. The van der Waals surface area contributed by atoms with Gasteiger partial charge in [0.2, 0.25) is 17.3 Å². The summed E-state index contributed by atoms with van der Waals surface area (Å²) in [6, 6.07) is 9.85. The predicted octanol–water partition coefficient (Wildman–Crippen LogP) is 2.82. The van der Waals surface area contributed by atoms with Crippen molar-refractivity contribution in [3.8, 4) is 11.6 Å². The lowest BCUT2D eigenvalue weighted by molar-refractivity contribution is -0.159. The first-order valence-electron chi connectivity index (χ1n) is 19.6. The van der Waals surface area contributed by atoms with Gasteiger partial charge in [0.1, 0.15) is 6.04 Å². The van der Waals surface area contributed by atoms with E-state index in [9.17, 15) is 28.8 Å². The summed E-state index contributed by atoms with van der Waals surface area (Å²) in [5.74, 6) is -2.50. The quantitative estimate of drug-likeness (QED) is 0.215. The van der Waals surface area contributed by atoms with Gasteiger partial charge in [-0.25, -0.2) is 14.3 Å². The van der Waals surface area contributed by atoms with Crippen molar-refractivity contribution in [2.24, 2.45) is 5.92 Å². The minimum Gasteiger partial charge on any atom is -0.467 e. The molecule has 2 aliphatic carbocycles. The molecule has 2 N–H and O–H groups in total. The lowest BCUT2D eigenvalue weighted by atomic mass is 9.86. The number of piperazine rings is 1. The zero-order valence-corrected chi connectivity index (χ0v) is 31.8. The third kappa shape index (κ3) is 9.05. The van der Waals surface area contributed by atoms with Gasteiger partial charge in [-0.05, 0) is 69.9 Å². The van der Waals surface area contributed by atoms with Crippen molar-refractivity contribution in [1.82, 2.24) is 35.1 Å². The number of esters is 1. The topological polar surface area (TPSA) is 182 Å². The van der Waals surface area contributed by atoms with E-state index in [0.29, 0.717) is 31.5 Å². The Morgan fingerprint density at radius 1 is 0.873 bits per heavy atom. The van der Waals surface area contributed by atoms with E-state index in [1.807, 2.05) is 6.07 Å². The van der Waals surface area contributed by atoms with E-state index in [4.69, 9.17) is 14.2 Å². The maximum absolute atomic E-state index is 14.5. The highest BCUT2D eigenvalue weighted by Crippen LogP contribution is 2.33. The molecule has 0 spiro atoms. The van der Waals surface area contributed by atoms with Gasteiger partial charge in [0.05, 0.1) is 19.4 Å². The van der Waals surface area contributed by atoms with E-state index in [0.717, 1.165) is 44.9 Å². The summed E-state index contributed by atoms with van der Waals surface area (Å²) in [6.45, 7) is 2.61. The lowest BCUT2D eigenvalue weighted by Crippen LogP contribution is -2.67. The van der Waals surface area contributed by atoms with Crippen LogP contribution in [0.4, 0.5) is 4.79 Å². The Morgan fingerprint density at radius 3 is 2.24 bits per heavy atom. The van der Waals surface area contributed by atoms with Gasteiger partial charge < -0.3 is 39.5 Å². The summed E-state index contributed by atoms with van der Waals surface area (Å²) < 4.78 is 17.8. The molecule has 4 fully saturated rings. The van der Waals surface area contributed by atoms with E-state index in [1.54, 1.807) is 31.2 Å². The molecule has 4 aliphatic rings. The molecule has 1 aromatic carbocycles. The third-order valence-electron chi connectivity index (χ3n) is 11.3. The smallest absolute Gasteiger partial charge is 0.409 e. The van der Waals surface area contributed by atoms with Crippen molar-refractivity contribution >= 4 is 35.7 Å². The standard InChI is InChI=1S/C39H53N7O9/c1-3-54-38(52)44-23-21-43(22-24-44)36(50)39(37(51)53-2,19-18-27-11-7-8-12-27)41-34(48)30-25-33(46(42-30)29-15-5-4-6-16-29)55-26-32(47)45-20-10-17-31(45)35(49)40-28-13-9-14-28/h4-6,15-16,25,27-28,31H,3,7-14,17-24,26H2,1-2H3,(H,40,49)(H,41,48)/t31-,39-/m0/s1. The Bertz CT molecular complexity index is 1700. The Hall–Kier alpha value is -5.15. The van der Waals surface area contributed by atoms with E-state index in [1.165, 1.54) is 32.6 Å². The molecular weight excluding hydrogens is 710 g/mol. The first kappa shape index (κ1) is 39.5. The Labute approximate surface area is 321 Å². The van der Waals surface area contributed by atoms with Crippen molar-refractivity contribution in [2.45, 2.75) is 95.2 Å².